The van der Waals surface area contributed by atoms with Gasteiger partial charge in [0.1, 0.15) is 17.6 Å². The van der Waals surface area contributed by atoms with Gasteiger partial charge in [-0.25, -0.2) is 0 Å². The van der Waals surface area contributed by atoms with Gasteiger partial charge in [0.05, 0.1) is 4.91 Å². The number of allylic oxidation sites excluding steroid dienone is 4. The molecule has 1 aromatic carbocycles. The minimum atomic E-state index is -3.81. The van der Waals surface area contributed by atoms with Gasteiger partial charge in [-0.15, -0.1) is 0 Å². The predicted molar refractivity (Wildman–Crippen MR) is 91.9 cm³/mol. The van der Waals surface area contributed by atoms with Crippen molar-refractivity contribution in [2.75, 3.05) is 13.1 Å². The number of piperidine rings is 1. The largest absolute Gasteiger partial charge is 0.488 e. The Hall–Kier alpha value is -1.50. The lowest BCUT2D eigenvalue weighted by molar-refractivity contribution is 0.176. The summed E-state index contributed by atoms with van der Waals surface area (Å²) < 4.78 is 36.0. The first kappa shape index (κ1) is 16.0. The minimum Gasteiger partial charge on any atom is -0.488 e. The van der Waals surface area contributed by atoms with Crippen LogP contribution in [0.4, 0.5) is 0 Å². The van der Waals surface area contributed by atoms with Gasteiger partial charge >= 0.3 is 10.1 Å². The van der Waals surface area contributed by atoms with Gasteiger partial charge in [-0.05, 0) is 44.0 Å². The number of rotatable bonds is 3. The van der Waals surface area contributed by atoms with E-state index in [2.05, 4.69) is 5.32 Å². The molecule has 0 amide bonds. The summed E-state index contributed by atoms with van der Waals surface area (Å²) in [5.41, 5.74) is 1.14. The van der Waals surface area contributed by atoms with Crippen LogP contribution in [-0.4, -0.2) is 27.6 Å². The summed E-state index contributed by atoms with van der Waals surface area (Å²) >= 11 is 5.88. The molecule has 4 rings (SSSR count). The van der Waals surface area contributed by atoms with Crippen LogP contribution in [0.5, 0.6) is 11.5 Å². The molecule has 2 unspecified atom stereocenters. The molecular formula is C17H18ClNO4S. The third-order valence-electron chi connectivity index (χ3n) is 4.68. The molecule has 2 heterocycles. The van der Waals surface area contributed by atoms with E-state index < -0.39 is 10.1 Å². The first-order valence-corrected chi connectivity index (χ1v) is 9.82. The van der Waals surface area contributed by atoms with E-state index in [-0.39, 0.29) is 16.8 Å². The molecule has 1 aromatic rings. The van der Waals surface area contributed by atoms with E-state index in [1.165, 1.54) is 6.08 Å². The predicted octanol–water partition coefficient (Wildman–Crippen LogP) is 3.03. The van der Waals surface area contributed by atoms with Crippen molar-refractivity contribution in [2.24, 2.45) is 0 Å². The SMILES string of the molecule is O=S(=O)(Oc1ccc2c(c1)OC1CNCCC21)C1=CC=C(Cl)CC1. The maximum atomic E-state index is 12.4. The molecule has 1 saturated heterocycles. The van der Waals surface area contributed by atoms with Crippen molar-refractivity contribution in [1.82, 2.24) is 5.32 Å². The maximum absolute atomic E-state index is 12.4. The van der Waals surface area contributed by atoms with Crippen LogP contribution < -0.4 is 14.2 Å². The summed E-state index contributed by atoms with van der Waals surface area (Å²) in [6.07, 6.45) is 5.12. The third kappa shape index (κ3) is 2.94. The van der Waals surface area contributed by atoms with Crippen LogP contribution in [0.3, 0.4) is 0 Å². The van der Waals surface area contributed by atoms with E-state index in [0.29, 0.717) is 23.8 Å². The van der Waals surface area contributed by atoms with Gasteiger partial charge in [0.25, 0.3) is 0 Å². The van der Waals surface area contributed by atoms with Gasteiger partial charge in [0, 0.05) is 29.1 Å². The van der Waals surface area contributed by atoms with Crippen molar-refractivity contribution in [3.63, 3.8) is 0 Å². The molecule has 0 spiro atoms. The maximum Gasteiger partial charge on any atom is 0.335 e. The molecule has 2 aliphatic heterocycles. The second-order valence-corrected chi connectivity index (χ2v) is 8.32. The van der Waals surface area contributed by atoms with Gasteiger partial charge in [0.15, 0.2) is 0 Å². The Morgan fingerprint density at radius 1 is 1.25 bits per heavy atom. The molecule has 0 saturated carbocycles. The van der Waals surface area contributed by atoms with Crippen LogP contribution in [0.2, 0.25) is 0 Å². The number of hydrogen-bond acceptors (Lipinski definition) is 5. The second-order valence-electron chi connectivity index (χ2n) is 6.24. The number of hydrogen-bond donors (Lipinski definition) is 1. The molecule has 1 fully saturated rings. The van der Waals surface area contributed by atoms with Crippen molar-refractivity contribution in [3.05, 3.63) is 45.9 Å². The van der Waals surface area contributed by atoms with Gasteiger partial charge in [-0.1, -0.05) is 17.7 Å². The highest BCUT2D eigenvalue weighted by Gasteiger charge is 2.36. The number of fused-ring (bicyclic) bond motifs is 3. The average molecular weight is 368 g/mol. The number of halogens is 1. The van der Waals surface area contributed by atoms with Crippen molar-refractivity contribution in [3.8, 4) is 11.5 Å². The van der Waals surface area contributed by atoms with Crippen molar-refractivity contribution in [2.45, 2.75) is 31.3 Å². The van der Waals surface area contributed by atoms with E-state index >= 15 is 0 Å². The molecule has 3 aliphatic rings. The normalized spacial score (nSPS) is 25.9. The van der Waals surface area contributed by atoms with E-state index in [0.717, 1.165) is 30.8 Å². The Balaban J connectivity index is 1.56. The Bertz CT molecular complexity index is 831. The van der Waals surface area contributed by atoms with Crippen molar-refractivity contribution in [1.29, 1.82) is 0 Å². The molecule has 5 nitrogen and oxygen atoms in total. The number of benzene rings is 1. The lowest BCUT2D eigenvalue weighted by Crippen LogP contribution is -2.39. The summed E-state index contributed by atoms with van der Waals surface area (Å²) in [5.74, 6) is 1.38. The molecular weight excluding hydrogens is 350 g/mol. The fourth-order valence-electron chi connectivity index (χ4n) is 3.43. The molecule has 24 heavy (non-hydrogen) atoms. The molecule has 2 atom stereocenters. The zero-order chi connectivity index (χ0) is 16.7. The minimum absolute atomic E-state index is 0.119. The molecule has 1 N–H and O–H groups in total. The fraction of sp³-hybridized carbons (Fsp3) is 0.412. The van der Waals surface area contributed by atoms with Crippen LogP contribution in [0.15, 0.2) is 40.3 Å². The number of nitrogens with one attached hydrogen (secondary N) is 1. The molecule has 1 aliphatic carbocycles. The highest BCUT2D eigenvalue weighted by atomic mass is 35.5. The van der Waals surface area contributed by atoms with Crippen LogP contribution in [-0.2, 0) is 10.1 Å². The summed E-state index contributed by atoms with van der Waals surface area (Å²) in [7, 11) is -3.81. The smallest absolute Gasteiger partial charge is 0.335 e. The zero-order valence-corrected chi connectivity index (χ0v) is 14.6. The molecule has 0 aromatic heterocycles. The number of ether oxygens (including phenoxy) is 1. The van der Waals surface area contributed by atoms with E-state index in [1.807, 2.05) is 6.07 Å². The van der Waals surface area contributed by atoms with Gasteiger partial charge in [0.2, 0.25) is 0 Å². The van der Waals surface area contributed by atoms with Crippen molar-refractivity contribution >= 4 is 21.7 Å². The highest BCUT2D eigenvalue weighted by Crippen LogP contribution is 2.43. The Kier molecular flexibility index (Phi) is 4.06. The topological polar surface area (TPSA) is 64.6 Å². The van der Waals surface area contributed by atoms with Gasteiger partial charge in [-0.2, -0.15) is 8.42 Å². The van der Waals surface area contributed by atoms with Crippen molar-refractivity contribution < 1.29 is 17.3 Å². The zero-order valence-electron chi connectivity index (χ0n) is 13.0. The van der Waals surface area contributed by atoms with Gasteiger partial charge < -0.3 is 14.2 Å². The Morgan fingerprint density at radius 2 is 2.12 bits per heavy atom. The standard InChI is InChI=1S/C17H18ClNO4S/c18-11-1-4-13(5-2-11)24(20,21)23-12-3-6-14-15-7-8-19-10-17(15)22-16(14)9-12/h1,3-4,6,9,15,17,19H,2,5,7-8,10H2. The Labute approximate surface area is 146 Å². The average Bonchev–Trinajstić information content (AvgIpc) is 2.92. The summed E-state index contributed by atoms with van der Waals surface area (Å²) in [6, 6.07) is 5.30. The lowest BCUT2D eigenvalue weighted by atomic mass is 9.90. The summed E-state index contributed by atoms with van der Waals surface area (Å²) in [6.45, 7) is 1.79. The van der Waals surface area contributed by atoms with Crippen LogP contribution in [0.25, 0.3) is 0 Å². The fourth-order valence-corrected chi connectivity index (χ4v) is 4.64. The molecule has 7 heteroatoms. The molecule has 0 radical (unpaired) electrons. The van der Waals surface area contributed by atoms with E-state index in [9.17, 15) is 8.42 Å². The van der Waals surface area contributed by atoms with E-state index in [1.54, 1.807) is 18.2 Å². The van der Waals surface area contributed by atoms with E-state index in [4.69, 9.17) is 20.5 Å². The molecule has 0 bridgehead atoms. The van der Waals surface area contributed by atoms with Crippen LogP contribution >= 0.6 is 11.6 Å². The summed E-state index contributed by atoms with van der Waals surface area (Å²) in [4.78, 5) is 0.242. The van der Waals surface area contributed by atoms with Gasteiger partial charge in [-0.3, -0.25) is 0 Å². The third-order valence-corrected chi connectivity index (χ3v) is 6.39. The first-order valence-electron chi connectivity index (χ1n) is 8.04. The van der Waals surface area contributed by atoms with Crippen LogP contribution in [0.1, 0.15) is 30.7 Å². The lowest BCUT2D eigenvalue weighted by Gasteiger charge is -2.24. The monoisotopic (exact) mass is 367 g/mol. The highest BCUT2D eigenvalue weighted by molar-refractivity contribution is 7.91. The summed E-state index contributed by atoms with van der Waals surface area (Å²) in [5, 5.41) is 3.96. The first-order chi connectivity index (χ1) is 11.5. The second kappa shape index (κ2) is 6.10. The quantitative estimate of drug-likeness (QED) is 0.832. The Morgan fingerprint density at radius 3 is 2.92 bits per heavy atom. The molecule has 128 valence electrons. The van der Waals surface area contributed by atoms with Crippen LogP contribution in [0, 0.1) is 0 Å².